The molecular formula is C22H23N3O6. The van der Waals surface area contributed by atoms with Crippen molar-refractivity contribution >= 4 is 22.8 Å². The minimum Gasteiger partial charge on any atom is -0.618 e. The zero-order valence-corrected chi connectivity index (χ0v) is 17.3. The van der Waals surface area contributed by atoms with Crippen LogP contribution < -0.4 is 14.2 Å². The quantitative estimate of drug-likeness (QED) is 0.313. The Hall–Kier alpha value is -3.72. The SMILES string of the molecule is CN(C)CC(=O)c1c(COc2ccc(CCC(=O)O)cc2)[n+]([O-])c2ccccc2[n+]1[O-]. The summed E-state index contributed by atoms with van der Waals surface area (Å²) in [6.07, 6.45) is 0.411. The molecule has 0 aliphatic heterocycles. The van der Waals surface area contributed by atoms with Crippen molar-refractivity contribution in [3.63, 3.8) is 0 Å². The molecule has 0 aliphatic carbocycles. The zero-order valence-electron chi connectivity index (χ0n) is 17.3. The van der Waals surface area contributed by atoms with Crippen molar-refractivity contribution in [3.05, 3.63) is 75.9 Å². The first-order valence-corrected chi connectivity index (χ1v) is 9.66. The van der Waals surface area contributed by atoms with E-state index in [2.05, 4.69) is 0 Å². The largest absolute Gasteiger partial charge is 0.618 e. The lowest BCUT2D eigenvalue weighted by Gasteiger charge is -2.14. The molecule has 1 aromatic heterocycles. The van der Waals surface area contributed by atoms with E-state index in [1.54, 1.807) is 55.4 Å². The number of hydrogen-bond donors (Lipinski definition) is 1. The van der Waals surface area contributed by atoms with Crippen molar-refractivity contribution in [1.82, 2.24) is 4.90 Å². The van der Waals surface area contributed by atoms with E-state index in [9.17, 15) is 20.0 Å². The van der Waals surface area contributed by atoms with Gasteiger partial charge in [-0.25, -0.2) is 0 Å². The summed E-state index contributed by atoms with van der Waals surface area (Å²) in [5, 5.41) is 34.7. The van der Waals surface area contributed by atoms with Crippen LogP contribution in [0.4, 0.5) is 0 Å². The molecule has 162 valence electrons. The second-order valence-corrected chi connectivity index (χ2v) is 7.36. The number of ketones is 1. The Labute approximate surface area is 178 Å². The summed E-state index contributed by atoms with van der Waals surface area (Å²) in [6.45, 7) is -0.314. The number of likely N-dealkylation sites (N-methyl/N-ethyl adjacent to an activating group) is 1. The van der Waals surface area contributed by atoms with Crippen molar-refractivity contribution in [3.8, 4) is 5.75 Å². The van der Waals surface area contributed by atoms with Gasteiger partial charge in [0.25, 0.3) is 11.0 Å². The lowest BCUT2D eigenvalue weighted by Crippen LogP contribution is -2.49. The number of ether oxygens (including phenoxy) is 1. The number of aryl methyl sites for hydroxylation is 1. The van der Waals surface area contributed by atoms with Gasteiger partial charge in [-0.1, -0.05) is 24.3 Å². The fourth-order valence-electron chi connectivity index (χ4n) is 3.21. The second-order valence-electron chi connectivity index (χ2n) is 7.36. The maximum Gasteiger partial charge on any atom is 0.334 e. The van der Waals surface area contributed by atoms with Gasteiger partial charge in [-0.2, -0.15) is 9.46 Å². The molecule has 0 radical (unpaired) electrons. The molecule has 3 rings (SSSR count). The second kappa shape index (κ2) is 9.40. The molecule has 9 heteroatoms. The Morgan fingerprint density at radius 3 is 2.19 bits per heavy atom. The van der Waals surface area contributed by atoms with Crippen LogP contribution >= 0.6 is 0 Å². The van der Waals surface area contributed by atoms with Gasteiger partial charge in [0, 0.05) is 18.6 Å². The molecule has 2 aromatic carbocycles. The van der Waals surface area contributed by atoms with E-state index in [0.29, 0.717) is 21.6 Å². The normalized spacial score (nSPS) is 11.1. The minimum absolute atomic E-state index is 0.0221. The van der Waals surface area contributed by atoms with Gasteiger partial charge < -0.3 is 25.2 Å². The number of aromatic nitrogens is 2. The van der Waals surface area contributed by atoms with Crippen LogP contribution in [-0.2, 0) is 17.8 Å². The Balaban J connectivity index is 1.92. The molecule has 0 unspecified atom stereocenters. The number of hydrogen-bond acceptors (Lipinski definition) is 6. The van der Waals surface area contributed by atoms with E-state index in [0.717, 1.165) is 5.56 Å². The molecule has 1 heterocycles. The topological polar surface area (TPSA) is 121 Å². The predicted octanol–water partition coefficient (Wildman–Crippen LogP) is 1.45. The molecule has 1 N–H and O–H groups in total. The van der Waals surface area contributed by atoms with Crippen molar-refractivity contribution in [2.75, 3.05) is 20.6 Å². The van der Waals surface area contributed by atoms with Crippen LogP contribution in [-0.4, -0.2) is 42.4 Å². The van der Waals surface area contributed by atoms with E-state index in [1.165, 1.54) is 12.1 Å². The van der Waals surface area contributed by atoms with Crippen LogP contribution in [0.2, 0.25) is 0 Å². The third kappa shape index (κ3) is 5.07. The van der Waals surface area contributed by atoms with E-state index in [-0.39, 0.29) is 42.0 Å². The zero-order chi connectivity index (χ0) is 22.5. The Morgan fingerprint density at radius 2 is 1.61 bits per heavy atom. The van der Waals surface area contributed by atoms with Gasteiger partial charge in [-0.3, -0.25) is 9.59 Å². The number of carboxylic acid groups (broad SMARTS) is 1. The maximum absolute atomic E-state index is 13.0. The molecule has 31 heavy (non-hydrogen) atoms. The van der Waals surface area contributed by atoms with Gasteiger partial charge in [0.05, 0.1) is 6.54 Å². The number of carbonyl (C=O) groups excluding carboxylic acids is 1. The van der Waals surface area contributed by atoms with Gasteiger partial charge >= 0.3 is 17.4 Å². The van der Waals surface area contributed by atoms with Crippen LogP contribution in [0, 0.1) is 10.4 Å². The predicted molar refractivity (Wildman–Crippen MR) is 111 cm³/mol. The number of para-hydroxylation sites is 2. The number of fused-ring (bicyclic) bond motifs is 1. The first kappa shape index (κ1) is 22.0. The van der Waals surface area contributed by atoms with Gasteiger partial charge in [-0.05, 0) is 38.2 Å². The molecule has 0 spiro atoms. The first-order chi connectivity index (χ1) is 14.8. The molecular weight excluding hydrogens is 402 g/mol. The molecule has 0 atom stereocenters. The highest BCUT2D eigenvalue weighted by Gasteiger charge is 2.33. The summed E-state index contributed by atoms with van der Waals surface area (Å²) < 4.78 is 6.75. The fourth-order valence-corrected chi connectivity index (χ4v) is 3.21. The van der Waals surface area contributed by atoms with E-state index in [4.69, 9.17) is 9.84 Å². The number of carboxylic acids is 1. The third-order valence-electron chi connectivity index (χ3n) is 4.69. The average Bonchev–Trinajstić information content (AvgIpc) is 2.73. The lowest BCUT2D eigenvalue weighted by atomic mass is 10.1. The van der Waals surface area contributed by atoms with Gasteiger partial charge in [0.2, 0.25) is 5.78 Å². The number of rotatable bonds is 9. The summed E-state index contributed by atoms with van der Waals surface area (Å²) in [4.78, 5) is 25.1. The minimum atomic E-state index is -0.877. The number of carbonyl (C=O) groups is 2. The van der Waals surface area contributed by atoms with Crippen LogP contribution in [0.3, 0.4) is 0 Å². The molecule has 3 aromatic rings. The van der Waals surface area contributed by atoms with Gasteiger partial charge in [0.15, 0.2) is 6.61 Å². The number of aliphatic carboxylic acids is 1. The van der Waals surface area contributed by atoms with Crippen molar-refractivity contribution in [2.45, 2.75) is 19.4 Å². The van der Waals surface area contributed by atoms with Crippen LogP contribution in [0.15, 0.2) is 48.5 Å². The van der Waals surface area contributed by atoms with Crippen molar-refractivity contribution in [2.24, 2.45) is 0 Å². The molecule has 0 fully saturated rings. The van der Waals surface area contributed by atoms with Gasteiger partial charge in [0.1, 0.15) is 5.75 Å². The van der Waals surface area contributed by atoms with Crippen LogP contribution in [0.1, 0.15) is 28.2 Å². The summed E-state index contributed by atoms with van der Waals surface area (Å²) in [5.41, 5.74) is 0.752. The molecule has 0 bridgehead atoms. The Morgan fingerprint density at radius 1 is 1.00 bits per heavy atom. The highest BCUT2D eigenvalue weighted by molar-refractivity contribution is 5.95. The number of benzene rings is 2. The van der Waals surface area contributed by atoms with Gasteiger partial charge in [-0.15, -0.1) is 0 Å². The highest BCUT2D eigenvalue weighted by atomic mass is 16.5. The maximum atomic E-state index is 13.0. The fraction of sp³-hybridized carbons (Fsp3) is 0.273. The summed E-state index contributed by atoms with van der Waals surface area (Å²) in [7, 11) is 3.39. The molecule has 0 aliphatic rings. The molecule has 9 nitrogen and oxygen atoms in total. The van der Waals surface area contributed by atoms with Crippen LogP contribution in [0.5, 0.6) is 5.75 Å². The smallest absolute Gasteiger partial charge is 0.334 e. The van der Waals surface area contributed by atoms with E-state index < -0.39 is 11.8 Å². The standard InChI is InChI=1S/C22H23N3O6/c1-23(2)13-20(26)22-19(24(29)17-5-3-4-6-18(17)25(22)30)14-31-16-10-7-15(8-11-16)9-12-21(27)28/h3-8,10-11H,9,12-14H2,1-2H3,(H,27,28). The average molecular weight is 425 g/mol. The van der Waals surface area contributed by atoms with Crippen LogP contribution in [0.25, 0.3) is 11.0 Å². The van der Waals surface area contributed by atoms with E-state index in [1.807, 2.05) is 0 Å². The Kier molecular flexibility index (Phi) is 6.66. The summed E-state index contributed by atoms with van der Waals surface area (Å²) >= 11 is 0. The lowest BCUT2D eigenvalue weighted by molar-refractivity contribution is -0.637. The molecule has 0 saturated carbocycles. The molecule has 0 amide bonds. The third-order valence-corrected chi connectivity index (χ3v) is 4.69. The highest BCUT2D eigenvalue weighted by Crippen LogP contribution is 2.17. The first-order valence-electron chi connectivity index (χ1n) is 9.66. The monoisotopic (exact) mass is 425 g/mol. The number of Topliss-reactive ketones (excluding diaryl/α,β-unsaturated/α-hetero) is 1. The summed E-state index contributed by atoms with van der Waals surface area (Å²) in [6, 6.07) is 13.0. The van der Waals surface area contributed by atoms with Crippen molar-refractivity contribution in [1.29, 1.82) is 0 Å². The molecule has 0 saturated heterocycles. The van der Waals surface area contributed by atoms with Crippen molar-refractivity contribution < 1.29 is 28.9 Å². The Bertz CT molecular complexity index is 1110. The number of nitrogens with zero attached hydrogens (tertiary/aromatic N) is 3. The summed E-state index contributed by atoms with van der Waals surface area (Å²) in [5.74, 6) is -0.939. The van der Waals surface area contributed by atoms with E-state index >= 15 is 0 Å².